The number of hydrogen-bond acceptors (Lipinski definition) is 2. The zero-order chi connectivity index (χ0) is 18.5. The molecule has 1 amide bonds. The van der Waals surface area contributed by atoms with Crippen molar-refractivity contribution in [3.8, 4) is 10.4 Å². The molecule has 0 spiro atoms. The smallest absolute Gasteiger partial charge is 0.231 e. The van der Waals surface area contributed by atoms with Crippen LogP contribution in [-0.2, 0) is 11.2 Å². The molecule has 3 rings (SSSR count). The van der Waals surface area contributed by atoms with Crippen molar-refractivity contribution >= 4 is 46.1 Å². The van der Waals surface area contributed by atoms with Crippen molar-refractivity contribution in [1.82, 2.24) is 0 Å². The van der Waals surface area contributed by atoms with Crippen molar-refractivity contribution in [3.05, 3.63) is 88.2 Å². The number of halogens is 2. The highest BCUT2D eigenvalue weighted by Crippen LogP contribution is 2.32. The van der Waals surface area contributed by atoms with E-state index < -0.39 is 0 Å². The van der Waals surface area contributed by atoms with Gasteiger partial charge in [0.05, 0.1) is 22.2 Å². The molecule has 0 aliphatic heterocycles. The molecule has 0 aliphatic carbocycles. The van der Waals surface area contributed by atoms with Gasteiger partial charge in [0, 0.05) is 16.8 Å². The second-order valence-corrected chi connectivity index (χ2v) is 7.48. The SMILES string of the molecule is C=CCN(C(=O)Cc1ccc(Cl)c(Cl)c1)c1csc(-c2ccccc2)c1. The molecular formula is C21H17Cl2NOS. The molecule has 0 bridgehead atoms. The summed E-state index contributed by atoms with van der Waals surface area (Å²) in [6.45, 7) is 4.23. The van der Waals surface area contributed by atoms with E-state index in [4.69, 9.17) is 23.2 Å². The molecule has 1 aromatic heterocycles. The molecule has 2 nitrogen and oxygen atoms in total. The third kappa shape index (κ3) is 4.36. The molecule has 2 aromatic carbocycles. The second kappa shape index (κ2) is 8.54. The predicted molar refractivity (Wildman–Crippen MR) is 112 cm³/mol. The number of amides is 1. The Morgan fingerprint density at radius 3 is 2.54 bits per heavy atom. The summed E-state index contributed by atoms with van der Waals surface area (Å²) in [7, 11) is 0. The molecule has 3 aromatic rings. The van der Waals surface area contributed by atoms with E-state index in [2.05, 4.69) is 18.7 Å². The van der Waals surface area contributed by atoms with Crippen LogP contribution < -0.4 is 4.90 Å². The third-order valence-electron chi connectivity index (χ3n) is 3.91. The number of hydrogen-bond donors (Lipinski definition) is 0. The van der Waals surface area contributed by atoms with Crippen molar-refractivity contribution in [1.29, 1.82) is 0 Å². The van der Waals surface area contributed by atoms with Crippen molar-refractivity contribution in [2.45, 2.75) is 6.42 Å². The first-order chi connectivity index (χ1) is 12.6. The fourth-order valence-electron chi connectivity index (χ4n) is 2.62. The zero-order valence-corrected chi connectivity index (χ0v) is 16.3. The Kier molecular flexibility index (Phi) is 6.15. The summed E-state index contributed by atoms with van der Waals surface area (Å²) >= 11 is 13.6. The zero-order valence-electron chi connectivity index (χ0n) is 14.0. The van der Waals surface area contributed by atoms with E-state index in [0.29, 0.717) is 16.6 Å². The van der Waals surface area contributed by atoms with Gasteiger partial charge in [-0.05, 0) is 29.3 Å². The van der Waals surface area contributed by atoms with E-state index in [-0.39, 0.29) is 12.3 Å². The molecule has 0 fully saturated rings. The molecule has 5 heteroatoms. The molecule has 0 saturated heterocycles. The monoisotopic (exact) mass is 401 g/mol. The van der Waals surface area contributed by atoms with Crippen LogP contribution >= 0.6 is 34.5 Å². The van der Waals surface area contributed by atoms with Gasteiger partial charge in [-0.1, -0.05) is 65.7 Å². The summed E-state index contributed by atoms with van der Waals surface area (Å²) < 4.78 is 0. The molecule has 0 saturated carbocycles. The van der Waals surface area contributed by atoms with Gasteiger partial charge in [-0.2, -0.15) is 0 Å². The highest BCUT2D eigenvalue weighted by atomic mass is 35.5. The van der Waals surface area contributed by atoms with Gasteiger partial charge in [0.2, 0.25) is 5.91 Å². The van der Waals surface area contributed by atoms with Crippen LogP contribution in [0.4, 0.5) is 5.69 Å². The predicted octanol–water partition coefficient (Wildman–Crippen LogP) is 6.48. The standard InChI is InChI=1S/C21H17Cl2NOS/c1-2-10-24(21(25)12-15-8-9-18(22)19(23)11-15)17-13-20(26-14-17)16-6-4-3-5-7-16/h2-9,11,13-14H,1,10,12H2. The summed E-state index contributed by atoms with van der Waals surface area (Å²) in [6.07, 6.45) is 1.98. The lowest BCUT2D eigenvalue weighted by Gasteiger charge is -2.20. The summed E-state index contributed by atoms with van der Waals surface area (Å²) in [4.78, 5) is 15.7. The van der Waals surface area contributed by atoms with Gasteiger partial charge < -0.3 is 4.90 Å². The van der Waals surface area contributed by atoms with Crippen LogP contribution in [0.25, 0.3) is 10.4 Å². The number of carbonyl (C=O) groups is 1. The van der Waals surface area contributed by atoms with Crippen LogP contribution in [0.5, 0.6) is 0 Å². The van der Waals surface area contributed by atoms with E-state index in [1.165, 1.54) is 0 Å². The first-order valence-electron chi connectivity index (χ1n) is 8.07. The quantitative estimate of drug-likeness (QED) is 0.432. The third-order valence-corrected chi connectivity index (χ3v) is 5.61. The molecule has 0 unspecified atom stereocenters. The topological polar surface area (TPSA) is 20.3 Å². The van der Waals surface area contributed by atoms with Crippen LogP contribution in [0, 0.1) is 0 Å². The highest BCUT2D eigenvalue weighted by molar-refractivity contribution is 7.14. The van der Waals surface area contributed by atoms with Gasteiger partial charge in [0.25, 0.3) is 0 Å². The molecular weight excluding hydrogens is 385 g/mol. The molecule has 132 valence electrons. The van der Waals surface area contributed by atoms with Gasteiger partial charge in [0.15, 0.2) is 0 Å². The van der Waals surface area contributed by atoms with E-state index >= 15 is 0 Å². The minimum absolute atomic E-state index is 0.0132. The van der Waals surface area contributed by atoms with Crippen LogP contribution in [0.2, 0.25) is 10.0 Å². The molecule has 0 radical (unpaired) electrons. The molecule has 0 aliphatic rings. The summed E-state index contributed by atoms with van der Waals surface area (Å²) in [5.41, 5.74) is 2.84. The van der Waals surface area contributed by atoms with Crippen molar-refractivity contribution in [2.24, 2.45) is 0 Å². The number of benzene rings is 2. The van der Waals surface area contributed by atoms with Gasteiger partial charge in [-0.15, -0.1) is 17.9 Å². The fourth-order valence-corrected chi connectivity index (χ4v) is 3.85. The number of anilines is 1. The Hall–Kier alpha value is -2.07. The summed E-state index contributed by atoms with van der Waals surface area (Å²) in [5, 5.41) is 2.93. The minimum Gasteiger partial charge on any atom is -0.307 e. The summed E-state index contributed by atoms with van der Waals surface area (Å²) in [5.74, 6) is -0.0132. The lowest BCUT2D eigenvalue weighted by Crippen LogP contribution is -2.32. The maximum Gasteiger partial charge on any atom is 0.231 e. The van der Waals surface area contributed by atoms with Crippen LogP contribution in [-0.4, -0.2) is 12.5 Å². The van der Waals surface area contributed by atoms with Crippen LogP contribution in [0.15, 0.2) is 72.6 Å². The van der Waals surface area contributed by atoms with E-state index in [0.717, 1.165) is 21.7 Å². The normalized spacial score (nSPS) is 10.5. The van der Waals surface area contributed by atoms with Crippen molar-refractivity contribution in [3.63, 3.8) is 0 Å². The first-order valence-corrected chi connectivity index (χ1v) is 9.71. The summed E-state index contributed by atoms with van der Waals surface area (Å²) in [6, 6.07) is 17.4. The second-order valence-electron chi connectivity index (χ2n) is 5.75. The fraction of sp³-hybridized carbons (Fsp3) is 0.0952. The average molecular weight is 402 g/mol. The van der Waals surface area contributed by atoms with E-state index in [1.807, 2.05) is 35.7 Å². The minimum atomic E-state index is -0.0132. The Balaban J connectivity index is 1.82. The number of rotatable bonds is 6. The van der Waals surface area contributed by atoms with Crippen LogP contribution in [0.1, 0.15) is 5.56 Å². The Labute approximate surface area is 167 Å². The van der Waals surface area contributed by atoms with Gasteiger partial charge in [0.1, 0.15) is 0 Å². The average Bonchev–Trinajstić information content (AvgIpc) is 3.13. The Morgan fingerprint density at radius 1 is 1.08 bits per heavy atom. The molecule has 1 heterocycles. The van der Waals surface area contributed by atoms with Crippen LogP contribution in [0.3, 0.4) is 0 Å². The van der Waals surface area contributed by atoms with Crippen molar-refractivity contribution < 1.29 is 4.79 Å². The first kappa shape index (κ1) is 18.7. The lowest BCUT2D eigenvalue weighted by atomic mass is 10.1. The van der Waals surface area contributed by atoms with E-state index in [1.54, 1.807) is 34.4 Å². The largest absolute Gasteiger partial charge is 0.307 e. The van der Waals surface area contributed by atoms with Gasteiger partial charge >= 0.3 is 0 Å². The molecule has 0 N–H and O–H groups in total. The number of thiophene rings is 1. The van der Waals surface area contributed by atoms with Gasteiger partial charge in [-0.3, -0.25) is 4.79 Å². The highest BCUT2D eigenvalue weighted by Gasteiger charge is 2.17. The maximum atomic E-state index is 12.9. The Bertz CT molecular complexity index is 921. The lowest BCUT2D eigenvalue weighted by molar-refractivity contribution is -0.117. The van der Waals surface area contributed by atoms with E-state index in [9.17, 15) is 4.79 Å². The van der Waals surface area contributed by atoms with Crippen molar-refractivity contribution in [2.75, 3.05) is 11.4 Å². The molecule has 0 atom stereocenters. The Morgan fingerprint density at radius 2 is 1.85 bits per heavy atom. The number of nitrogens with zero attached hydrogens (tertiary/aromatic N) is 1. The van der Waals surface area contributed by atoms with Gasteiger partial charge in [-0.25, -0.2) is 0 Å². The molecule has 26 heavy (non-hydrogen) atoms. The number of carbonyl (C=O) groups excluding carboxylic acids is 1. The maximum absolute atomic E-state index is 12.9.